The van der Waals surface area contributed by atoms with Gasteiger partial charge in [-0.05, 0) is 19.3 Å². The van der Waals surface area contributed by atoms with Crippen molar-refractivity contribution in [3.63, 3.8) is 0 Å². The first-order valence-electron chi connectivity index (χ1n) is 9.11. The van der Waals surface area contributed by atoms with E-state index in [1.807, 2.05) is 0 Å². The number of ether oxygens (including phenoxy) is 1. The molecule has 0 unspecified atom stereocenters. The molecule has 0 aromatic heterocycles. The van der Waals surface area contributed by atoms with Crippen molar-refractivity contribution in [3.05, 3.63) is 29.8 Å². The number of β-amino-alcohol motifs (C(OH)–C–C–N with tert-alkyl or cyclic N) is 1. The molecule has 0 radical (unpaired) electrons. The molecule has 1 aliphatic rings. The van der Waals surface area contributed by atoms with Gasteiger partial charge in [-0.2, -0.15) is 0 Å². The van der Waals surface area contributed by atoms with Crippen molar-refractivity contribution in [1.29, 1.82) is 0 Å². The van der Waals surface area contributed by atoms with Gasteiger partial charge in [-0.15, -0.1) is 0 Å². The summed E-state index contributed by atoms with van der Waals surface area (Å²) in [5.41, 5.74) is -1.46. The van der Waals surface area contributed by atoms with E-state index in [1.54, 1.807) is 0 Å². The summed E-state index contributed by atoms with van der Waals surface area (Å²) in [5.74, 6) is -1.47. The summed E-state index contributed by atoms with van der Waals surface area (Å²) in [7, 11) is 0. The van der Waals surface area contributed by atoms with Crippen LogP contribution in [0.2, 0.25) is 0 Å². The van der Waals surface area contributed by atoms with Gasteiger partial charge in [0.15, 0.2) is 0 Å². The highest BCUT2D eigenvalue weighted by Gasteiger charge is 2.43. The second-order valence-electron chi connectivity index (χ2n) is 7.00. The van der Waals surface area contributed by atoms with Gasteiger partial charge in [-0.25, -0.2) is 8.78 Å². The molecule has 1 saturated heterocycles. The summed E-state index contributed by atoms with van der Waals surface area (Å²) < 4.78 is 31.9. The largest absolute Gasteiger partial charge is 0.490 e. The third kappa shape index (κ3) is 5.36. The third-order valence-corrected chi connectivity index (χ3v) is 4.87. The second-order valence-corrected chi connectivity index (χ2v) is 7.00. The number of aliphatic hydroxyl groups is 2. The van der Waals surface area contributed by atoms with Crippen LogP contribution in [0.15, 0.2) is 18.2 Å². The fourth-order valence-electron chi connectivity index (χ4n) is 3.54. The average Bonchev–Trinajstić information content (AvgIpc) is 2.55. The van der Waals surface area contributed by atoms with Crippen molar-refractivity contribution in [2.24, 2.45) is 0 Å². The van der Waals surface area contributed by atoms with Crippen molar-refractivity contribution in [3.8, 4) is 5.75 Å². The number of piperidine rings is 1. The minimum absolute atomic E-state index is 0.00825. The average molecular weight is 357 g/mol. The Morgan fingerprint density at radius 2 is 1.80 bits per heavy atom. The van der Waals surface area contributed by atoms with Crippen LogP contribution in [-0.4, -0.2) is 52.6 Å². The van der Waals surface area contributed by atoms with Gasteiger partial charge in [-0.1, -0.05) is 26.7 Å². The van der Waals surface area contributed by atoms with Crippen LogP contribution in [0.25, 0.3) is 0 Å². The lowest BCUT2D eigenvalue weighted by Gasteiger charge is -2.45. The number of benzene rings is 1. The first-order valence-corrected chi connectivity index (χ1v) is 9.11. The summed E-state index contributed by atoms with van der Waals surface area (Å²) >= 11 is 0. The van der Waals surface area contributed by atoms with E-state index in [0.717, 1.165) is 50.4 Å². The molecular weight excluding hydrogens is 328 g/mol. The van der Waals surface area contributed by atoms with Crippen molar-refractivity contribution in [2.75, 3.05) is 19.7 Å². The van der Waals surface area contributed by atoms with Crippen molar-refractivity contribution < 1.29 is 23.7 Å². The zero-order valence-electron chi connectivity index (χ0n) is 15.0. The second kappa shape index (κ2) is 8.92. The van der Waals surface area contributed by atoms with Crippen LogP contribution in [0, 0.1) is 11.6 Å². The lowest BCUT2D eigenvalue weighted by atomic mass is 9.88. The minimum Gasteiger partial charge on any atom is -0.490 e. The van der Waals surface area contributed by atoms with Crippen molar-refractivity contribution in [1.82, 2.24) is 4.90 Å². The number of aliphatic hydroxyl groups excluding tert-OH is 1. The van der Waals surface area contributed by atoms with Gasteiger partial charge in [0.2, 0.25) is 0 Å². The fraction of sp³-hybridized carbons (Fsp3) is 0.684. The monoisotopic (exact) mass is 357 g/mol. The number of halogens is 2. The summed E-state index contributed by atoms with van der Waals surface area (Å²) in [6.45, 7) is 5.07. The molecule has 2 N–H and O–H groups in total. The Kier molecular flexibility index (Phi) is 7.16. The normalized spacial score (nSPS) is 24.7. The molecule has 2 rings (SSSR count). The van der Waals surface area contributed by atoms with Gasteiger partial charge in [0.25, 0.3) is 0 Å². The van der Waals surface area contributed by atoms with Gasteiger partial charge in [0.1, 0.15) is 29.6 Å². The lowest BCUT2D eigenvalue weighted by molar-refractivity contribution is -0.146. The Hall–Kier alpha value is -1.24. The Labute approximate surface area is 148 Å². The van der Waals surface area contributed by atoms with Crippen LogP contribution in [0.3, 0.4) is 0 Å². The smallest absolute Gasteiger partial charge is 0.137 e. The Balaban J connectivity index is 2.05. The molecule has 142 valence electrons. The first-order chi connectivity index (χ1) is 11.9. The zero-order chi connectivity index (χ0) is 18.4. The Morgan fingerprint density at radius 3 is 2.36 bits per heavy atom. The summed E-state index contributed by atoms with van der Waals surface area (Å²) in [4.78, 5) is 2.20. The molecule has 0 saturated carbocycles. The van der Waals surface area contributed by atoms with E-state index >= 15 is 0 Å². The number of rotatable bonds is 8. The Morgan fingerprint density at radius 1 is 1.20 bits per heavy atom. The van der Waals surface area contributed by atoms with Gasteiger partial charge < -0.3 is 14.9 Å². The minimum atomic E-state index is -1.46. The van der Waals surface area contributed by atoms with Gasteiger partial charge in [0, 0.05) is 37.3 Å². The standard InChI is InChI=1S/C19H29F2NO3/c1-3-5-16(6-4-2)22-8-7-18(23)19(24,12-22)13-25-17-10-14(20)9-15(21)11-17/h9-11,16,18,23-24H,3-8,12-13H2,1-2H3/t18-,19-/m0/s1. The molecular formula is C19H29F2NO3. The van der Waals surface area contributed by atoms with Crippen LogP contribution in [0.4, 0.5) is 8.78 Å². The molecule has 1 aliphatic heterocycles. The topological polar surface area (TPSA) is 52.9 Å². The van der Waals surface area contributed by atoms with Gasteiger partial charge in [-0.3, -0.25) is 4.90 Å². The maximum Gasteiger partial charge on any atom is 0.137 e. The molecule has 0 spiro atoms. The number of nitrogens with zero attached hydrogens (tertiary/aromatic N) is 1. The number of hydrogen-bond acceptors (Lipinski definition) is 4. The predicted molar refractivity (Wildman–Crippen MR) is 92.6 cm³/mol. The van der Waals surface area contributed by atoms with Crippen LogP contribution in [-0.2, 0) is 0 Å². The highest BCUT2D eigenvalue weighted by atomic mass is 19.1. The van der Waals surface area contributed by atoms with E-state index in [4.69, 9.17) is 4.74 Å². The molecule has 4 nitrogen and oxygen atoms in total. The van der Waals surface area contributed by atoms with Crippen molar-refractivity contribution >= 4 is 0 Å². The zero-order valence-corrected chi connectivity index (χ0v) is 15.0. The lowest BCUT2D eigenvalue weighted by Crippen LogP contribution is -2.61. The van der Waals surface area contributed by atoms with Gasteiger partial charge >= 0.3 is 0 Å². The van der Waals surface area contributed by atoms with E-state index in [9.17, 15) is 19.0 Å². The fourth-order valence-corrected chi connectivity index (χ4v) is 3.54. The number of hydrogen-bond donors (Lipinski definition) is 2. The Bertz CT molecular complexity index is 531. The highest BCUT2D eigenvalue weighted by molar-refractivity contribution is 5.24. The van der Waals surface area contributed by atoms with Crippen LogP contribution >= 0.6 is 0 Å². The maximum absolute atomic E-state index is 13.3. The molecule has 6 heteroatoms. The van der Waals surface area contributed by atoms with E-state index < -0.39 is 23.3 Å². The van der Waals surface area contributed by atoms with E-state index in [2.05, 4.69) is 18.7 Å². The highest BCUT2D eigenvalue weighted by Crippen LogP contribution is 2.27. The summed E-state index contributed by atoms with van der Waals surface area (Å²) in [5, 5.41) is 21.2. The van der Waals surface area contributed by atoms with E-state index in [1.165, 1.54) is 0 Å². The van der Waals surface area contributed by atoms with Crippen molar-refractivity contribution in [2.45, 2.75) is 63.7 Å². The molecule has 0 aliphatic carbocycles. The van der Waals surface area contributed by atoms with Gasteiger partial charge in [0.05, 0.1) is 6.10 Å². The van der Waals surface area contributed by atoms with Crippen LogP contribution < -0.4 is 4.74 Å². The van der Waals surface area contributed by atoms with Crippen LogP contribution in [0.5, 0.6) is 5.75 Å². The SMILES string of the molecule is CCCC(CCC)N1CC[C@H](O)[C@@](O)(COc2cc(F)cc(F)c2)C1. The molecule has 2 atom stereocenters. The molecule has 0 amide bonds. The summed E-state index contributed by atoms with van der Waals surface area (Å²) in [6, 6.07) is 3.26. The molecule has 1 fully saturated rings. The van der Waals surface area contributed by atoms with E-state index in [0.29, 0.717) is 12.5 Å². The van der Waals surface area contributed by atoms with E-state index in [-0.39, 0.29) is 18.9 Å². The third-order valence-electron chi connectivity index (χ3n) is 4.87. The molecule has 1 aromatic rings. The maximum atomic E-state index is 13.3. The molecule has 1 aromatic carbocycles. The quantitative estimate of drug-likeness (QED) is 0.751. The first kappa shape index (κ1) is 20.1. The predicted octanol–water partition coefficient (Wildman–Crippen LogP) is 3.11. The molecule has 1 heterocycles. The van der Waals surface area contributed by atoms with Crippen LogP contribution in [0.1, 0.15) is 46.0 Å². The summed E-state index contributed by atoms with van der Waals surface area (Å²) in [6.07, 6.45) is 3.71. The molecule has 25 heavy (non-hydrogen) atoms. The molecule has 0 bridgehead atoms. The number of likely N-dealkylation sites (tertiary alicyclic amines) is 1.